The quantitative estimate of drug-likeness (QED) is 0.676. The molecule has 1 aromatic rings. The Bertz CT molecular complexity index is 420. The van der Waals surface area contributed by atoms with Crippen LogP contribution in [0.5, 0.6) is 0 Å². The van der Waals surface area contributed by atoms with E-state index in [2.05, 4.69) is 15.6 Å². The topological polar surface area (TPSA) is 97.1 Å². The lowest BCUT2D eigenvalue weighted by Crippen LogP contribution is -2.38. The van der Waals surface area contributed by atoms with Gasteiger partial charge in [-0.3, -0.25) is 9.59 Å². The van der Waals surface area contributed by atoms with E-state index in [0.29, 0.717) is 12.4 Å². The molecule has 0 aliphatic rings. The molecule has 92 valence electrons. The molecule has 1 rings (SSSR count). The molecule has 1 heterocycles. The summed E-state index contributed by atoms with van der Waals surface area (Å²) in [5.74, 6) is -0.420. The first-order valence-corrected chi connectivity index (χ1v) is 5.35. The minimum Gasteiger partial charge on any atom is -0.365 e. The van der Waals surface area contributed by atoms with Crippen LogP contribution in [-0.4, -0.2) is 29.4 Å². The number of nitrogens with zero attached hydrogens (tertiary/aromatic N) is 1. The van der Waals surface area contributed by atoms with Gasteiger partial charge in [0.15, 0.2) is 0 Å². The number of rotatable bonds is 5. The van der Waals surface area contributed by atoms with Crippen molar-refractivity contribution in [3.63, 3.8) is 0 Å². The summed E-state index contributed by atoms with van der Waals surface area (Å²) in [4.78, 5) is 26.6. The van der Waals surface area contributed by atoms with Crippen molar-refractivity contribution in [1.82, 2.24) is 10.3 Å². The van der Waals surface area contributed by atoms with Crippen LogP contribution in [0, 0.1) is 0 Å². The Hall–Kier alpha value is -2.11. The highest BCUT2D eigenvalue weighted by Crippen LogP contribution is 2.11. The van der Waals surface area contributed by atoms with Gasteiger partial charge in [-0.15, -0.1) is 0 Å². The number of carbonyl (C=O) groups is 2. The van der Waals surface area contributed by atoms with E-state index in [1.54, 1.807) is 19.1 Å². The number of anilines is 1. The molecule has 1 aromatic heterocycles. The number of aromatic nitrogens is 1. The number of likely N-dealkylation sites (N-methyl/N-ethyl adjacent to an activating group) is 1. The van der Waals surface area contributed by atoms with E-state index in [0.717, 1.165) is 0 Å². The van der Waals surface area contributed by atoms with Crippen molar-refractivity contribution in [1.29, 1.82) is 0 Å². The van der Waals surface area contributed by atoms with Crippen molar-refractivity contribution in [3.8, 4) is 0 Å². The largest absolute Gasteiger partial charge is 0.365 e. The van der Waals surface area contributed by atoms with E-state index < -0.39 is 11.9 Å². The van der Waals surface area contributed by atoms with Crippen LogP contribution < -0.4 is 16.4 Å². The minimum absolute atomic E-state index is 0.159. The SMILES string of the molecule is CCNC(=O)C(C)Nc1ncccc1C(N)=O. The van der Waals surface area contributed by atoms with E-state index in [4.69, 9.17) is 5.73 Å². The maximum absolute atomic E-state index is 11.5. The Morgan fingerprint density at radius 1 is 1.53 bits per heavy atom. The summed E-state index contributed by atoms with van der Waals surface area (Å²) in [5, 5.41) is 5.52. The molecule has 4 N–H and O–H groups in total. The van der Waals surface area contributed by atoms with E-state index in [-0.39, 0.29) is 11.5 Å². The van der Waals surface area contributed by atoms with Crippen molar-refractivity contribution in [2.45, 2.75) is 19.9 Å². The molecule has 1 atom stereocenters. The van der Waals surface area contributed by atoms with Gasteiger partial charge in [0.25, 0.3) is 5.91 Å². The summed E-state index contributed by atoms with van der Waals surface area (Å²) < 4.78 is 0. The first-order chi connectivity index (χ1) is 8.06. The summed E-state index contributed by atoms with van der Waals surface area (Å²) in [6.45, 7) is 4.07. The Kier molecular flexibility index (Phi) is 4.45. The number of nitrogens with one attached hydrogen (secondary N) is 2. The molecule has 2 amide bonds. The van der Waals surface area contributed by atoms with Crippen molar-refractivity contribution in [3.05, 3.63) is 23.9 Å². The number of primary amides is 1. The van der Waals surface area contributed by atoms with Crippen LogP contribution >= 0.6 is 0 Å². The van der Waals surface area contributed by atoms with Gasteiger partial charge in [0, 0.05) is 12.7 Å². The lowest BCUT2D eigenvalue weighted by molar-refractivity contribution is -0.121. The number of pyridine rings is 1. The molecular formula is C11H16N4O2. The summed E-state index contributed by atoms with van der Waals surface area (Å²) in [5.41, 5.74) is 5.47. The predicted molar refractivity (Wildman–Crippen MR) is 64.5 cm³/mol. The zero-order valence-corrected chi connectivity index (χ0v) is 9.86. The third kappa shape index (κ3) is 3.44. The highest BCUT2D eigenvalue weighted by atomic mass is 16.2. The van der Waals surface area contributed by atoms with E-state index in [1.807, 2.05) is 6.92 Å². The fourth-order valence-corrected chi connectivity index (χ4v) is 1.32. The van der Waals surface area contributed by atoms with E-state index in [9.17, 15) is 9.59 Å². The third-order valence-electron chi connectivity index (χ3n) is 2.17. The number of hydrogen-bond donors (Lipinski definition) is 3. The van der Waals surface area contributed by atoms with Gasteiger partial charge in [0.1, 0.15) is 11.9 Å². The zero-order chi connectivity index (χ0) is 12.8. The lowest BCUT2D eigenvalue weighted by Gasteiger charge is -2.15. The summed E-state index contributed by atoms with van der Waals surface area (Å²) >= 11 is 0. The first kappa shape index (κ1) is 13.0. The van der Waals surface area contributed by atoms with E-state index in [1.165, 1.54) is 6.20 Å². The predicted octanol–water partition coefficient (Wildman–Crippen LogP) is 0.117. The van der Waals surface area contributed by atoms with Crippen molar-refractivity contribution >= 4 is 17.6 Å². The first-order valence-electron chi connectivity index (χ1n) is 5.35. The van der Waals surface area contributed by atoms with Gasteiger partial charge < -0.3 is 16.4 Å². The van der Waals surface area contributed by atoms with E-state index >= 15 is 0 Å². The number of hydrogen-bond acceptors (Lipinski definition) is 4. The van der Waals surface area contributed by atoms with Crippen LogP contribution in [0.3, 0.4) is 0 Å². The van der Waals surface area contributed by atoms with Crippen LogP contribution in [0.1, 0.15) is 24.2 Å². The second-order valence-electron chi connectivity index (χ2n) is 3.52. The molecule has 0 aliphatic heterocycles. The van der Waals surface area contributed by atoms with Gasteiger partial charge in [0.05, 0.1) is 5.56 Å². The highest BCUT2D eigenvalue weighted by Gasteiger charge is 2.15. The van der Waals surface area contributed by atoms with Crippen LogP contribution in [0.25, 0.3) is 0 Å². The van der Waals surface area contributed by atoms with Gasteiger partial charge in [-0.1, -0.05) is 0 Å². The van der Waals surface area contributed by atoms with Gasteiger partial charge in [-0.05, 0) is 26.0 Å². The molecule has 0 bridgehead atoms. The molecule has 0 saturated heterocycles. The minimum atomic E-state index is -0.580. The van der Waals surface area contributed by atoms with Crippen molar-refractivity contribution in [2.24, 2.45) is 5.73 Å². The summed E-state index contributed by atoms with van der Waals surface area (Å²) in [6.07, 6.45) is 1.53. The lowest BCUT2D eigenvalue weighted by atomic mass is 10.2. The Morgan fingerprint density at radius 2 is 2.24 bits per heavy atom. The fourth-order valence-electron chi connectivity index (χ4n) is 1.32. The summed E-state index contributed by atoms with van der Waals surface area (Å²) in [7, 11) is 0. The third-order valence-corrected chi connectivity index (χ3v) is 2.17. The number of nitrogens with two attached hydrogens (primary N) is 1. The average Bonchev–Trinajstić information content (AvgIpc) is 2.29. The van der Waals surface area contributed by atoms with Crippen molar-refractivity contribution < 1.29 is 9.59 Å². The maximum Gasteiger partial charge on any atom is 0.252 e. The van der Waals surface area contributed by atoms with Crippen LogP contribution in [0.4, 0.5) is 5.82 Å². The summed E-state index contributed by atoms with van der Waals surface area (Å²) in [6, 6.07) is 2.69. The van der Waals surface area contributed by atoms with Crippen molar-refractivity contribution in [2.75, 3.05) is 11.9 Å². The molecule has 1 unspecified atom stereocenters. The standard InChI is InChI=1S/C11H16N4O2/c1-3-13-11(17)7(2)15-10-8(9(12)16)5-4-6-14-10/h4-7H,3H2,1-2H3,(H2,12,16)(H,13,17)(H,14,15). The smallest absolute Gasteiger partial charge is 0.252 e. The number of carbonyl (C=O) groups excluding carboxylic acids is 2. The molecule has 6 heteroatoms. The molecule has 0 saturated carbocycles. The molecule has 0 fully saturated rings. The van der Waals surface area contributed by atoms with Gasteiger partial charge in [-0.2, -0.15) is 0 Å². The molecular weight excluding hydrogens is 220 g/mol. The Balaban J connectivity index is 2.81. The molecule has 0 aliphatic carbocycles. The molecule has 17 heavy (non-hydrogen) atoms. The van der Waals surface area contributed by atoms with Crippen LogP contribution in [0.15, 0.2) is 18.3 Å². The highest BCUT2D eigenvalue weighted by molar-refractivity contribution is 5.98. The van der Waals surface area contributed by atoms with Gasteiger partial charge >= 0.3 is 0 Å². The average molecular weight is 236 g/mol. The fraction of sp³-hybridized carbons (Fsp3) is 0.364. The van der Waals surface area contributed by atoms with Crippen LogP contribution in [-0.2, 0) is 4.79 Å². The molecule has 6 nitrogen and oxygen atoms in total. The van der Waals surface area contributed by atoms with Gasteiger partial charge in [-0.25, -0.2) is 4.98 Å². The second-order valence-corrected chi connectivity index (χ2v) is 3.52. The molecule has 0 radical (unpaired) electrons. The Labute approximate surface area is 99.6 Å². The monoisotopic (exact) mass is 236 g/mol. The maximum atomic E-state index is 11.5. The zero-order valence-electron chi connectivity index (χ0n) is 9.86. The van der Waals surface area contributed by atoms with Gasteiger partial charge in [0.2, 0.25) is 5.91 Å². The number of amides is 2. The normalized spacial score (nSPS) is 11.6. The second kappa shape index (κ2) is 5.83. The van der Waals surface area contributed by atoms with Crippen LogP contribution in [0.2, 0.25) is 0 Å². The Morgan fingerprint density at radius 3 is 2.82 bits per heavy atom. The molecule has 0 aromatic carbocycles. The molecule has 0 spiro atoms.